The molecule has 0 unspecified atom stereocenters. The Morgan fingerprint density at radius 3 is 2.45 bits per heavy atom. The molecule has 108 valence electrons. The maximum atomic E-state index is 11.9. The van der Waals surface area contributed by atoms with Gasteiger partial charge in [-0.1, -0.05) is 11.8 Å². The molecule has 1 aromatic carbocycles. The number of carbonyl (C=O) groups excluding carboxylic acids is 1. The van der Waals surface area contributed by atoms with Gasteiger partial charge in [0.2, 0.25) is 10.0 Å². The van der Waals surface area contributed by atoms with E-state index < -0.39 is 10.0 Å². The number of sulfonamides is 1. The second kappa shape index (κ2) is 5.94. The van der Waals surface area contributed by atoms with E-state index in [2.05, 4.69) is 10.3 Å². The Balaban J connectivity index is 2.14. The Morgan fingerprint density at radius 1 is 1.30 bits per heavy atom. The SMILES string of the molecule is CN(C)S(=O)(=O)c1ccc(C(=O)NC2=NCCS2)cc1. The van der Waals surface area contributed by atoms with Crippen molar-refractivity contribution in [3.63, 3.8) is 0 Å². The Morgan fingerprint density at radius 2 is 1.95 bits per heavy atom. The Kier molecular flexibility index (Phi) is 4.46. The topological polar surface area (TPSA) is 78.8 Å². The van der Waals surface area contributed by atoms with Gasteiger partial charge in [0, 0.05) is 25.4 Å². The van der Waals surface area contributed by atoms with E-state index in [1.807, 2.05) is 0 Å². The van der Waals surface area contributed by atoms with Crippen molar-refractivity contribution >= 4 is 32.9 Å². The first kappa shape index (κ1) is 15.0. The predicted octanol–water partition coefficient (Wildman–Crippen LogP) is 0.770. The first-order chi connectivity index (χ1) is 9.41. The number of hydrogen-bond acceptors (Lipinski definition) is 5. The van der Waals surface area contributed by atoms with Crippen molar-refractivity contribution in [2.75, 3.05) is 26.4 Å². The highest BCUT2D eigenvalue weighted by Gasteiger charge is 2.18. The van der Waals surface area contributed by atoms with E-state index in [0.29, 0.717) is 17.3 Å². The van der Waals surface area contributed by atoms with Crippen molar-refractivity contribution in [1.29, 1.82) is 0 Å². The average Bonchev–Trinajstić information content (AvgIpc) is 2.91. The summed E-state index contributed by atoms with van der Waals surface area (Å²) in [5.74, 6) is 0.585. The van der Waals surface area contributed by atoms with Gasteiger partial charge in [-0.3, -0.25) is 9.79 Å². The molecule has 0 saturated heterocycles. The van der Waals surface area contributed by atoms with Gasteiger partial charge in [0.1, 0.15) is 0 Å². The molecule has 0 spiro atoms. The van der Waals surface area contributed by atoms with Crippen molar-refractivity contribution < 1.29 is 13.2 Å². The maximum Gasteiger partial charge on any atom is 0.257 e. The Labute approximate surface area is 122 Å². The molecule has 6 nitrogen and oxygen atoms in total. The summed E-state index contributed by atoms with van der Waals surface area (Å²) in [6.45, 7) is 0.709. The molecular weight excluding hydrogens is 298 g/mol. The fourth-order valence-corrected chi connectivity index (χ4v) is 3.19. The molecule has 0 bridgehead atoms. The van der Waals surface area contributed by atoms with Crippen molar-refractivity contribution in [1.82, 2.24) is 9.62 Å². The summed E-state index contributed by atoms with van der Waals surface area (Å²) in [4.78, 5) is 16.2. The van der Waals surface area contributed by atoms with Crippen LogP contribution in [0.1, 0.15) is 10.4 Å². The van der Waals surface area contributed by atoms with Gasteiger partial charge in [-0.25, -0.2) is 12.7 Å². The number of amides is 1. The highest BCUT2D eigenvalue weighted by molar-refractivity contribution is 8.14. The van der Waals surface area contributed by atoms with Gasteiger partial charge in [-0.2, -0.15) is 0 Å². The smallest absolute Gasteiger partial charge is 0.257 e. The number of nitrogens with zero attached hydrogens (tertiary/aromatic N) is 2. The van der Waals surface area contributed by atoms with E-state index >= 15 is 0 Å². The van der Waals surface area contributed by atoms with Crippen LogP contribution in [0.5, 0.6) is 0 Å². The maximum absolute atomic E-state index is 11.9. The third-order valence-electron chi connectivity index (χ3n) is 2.70. The van der Waals surface area contributed by atoms with Crippen LogP contribution in [-0.2, 0) is 10.0 Å². The van der Waals surface area contributed by atoms with Gasteiger partial charge in [0.15, 0.2) is 5.17 Å². The minimum Gasteiger partial charge on any atom is -0.301 e. The summed E-state index contributed by atoms with van der Waals surface area (Å²) < 4.78 is 24.9. The van der Waals surface area contributed by atoms with E-state index in [1.54, 1.807) is 0 Å². The van der Waals surface area contributed by atoms with Gasteiger partial charge in [-0.05, 0) is 24.3 Å². The van der Waals surface area contributed by atoms with Gasteiger partial charge in [-0.15, -0.1) is 0 Å². The summed E-state index contributed by atoms with van der Waals surface area (Å²) in [6, 6.07) is 5.83. The first-order valence-corrected chi connectivity index (χ1v) is 8.35. The van der Waals surface area contributed by atoms with Crippen LogP contribution in [0.25, 0.3) is 0 Å². The largest absolute Gasteiger partial charge is 0.301 e. The number of aliphatic imine (C=N–C) groups is 1. The van der Waals surface area contributed by atoms with E-state index in [1.165, 1.54) is 50.1 Å². The van der Waals surface area contributed by atoms with Crippen LogP contribution >= 0.6 is 11.8 Å². The molecule has 1 N–H and O–H groups in total. The van der Waals surface area contributed by atoms with Crippen LogP contribution in [-0.4, -0.2) is 50.2 Å². The van der Waals surface area contributed by atoms with Crippen molar-refractivity contribution in [3.8, 4) is 0 Å². The third kappa shape index (κ3) is 3.20. The summed E-state index contributed by atoms with van der Waals surface area (Å²) in [5.41, 5.74) is 0.401. The number of benzene rings is 1. The number of hydrogen-bond donors (Lipinski definition) is 1. The average molecular weight is 313 g/mol. The molecule has 20 heavy (non-hydrogen) atoms. The lowest BCUT2D eigenvalue weighted by molar-refractivity contribution is 0.0978. The van der Waals surface area contributed by atoms with Gasteiger partial charge >= 0.3 is 0 Å². The van der Waals surface area contributed by atoms with E-state index in [9.17, 15) is 13.2 Å². The quantitative estimate of drug-likeness (QED) is 0.894. The standard InChI is InChI=1S/C12H15N3O3S2/c1-15(2)20(17,18)10-5-3-9(4-6-10)11(16)14-12-13-7-8-19-12/h3-6H,7-8H2,1-2H3,(H,13,14,16). The molecule has 0 aliphatic carbocycles. The highest BCUT2D eigenvalue weighted by Crippen LogP contribution is 2.15. The fourth-order valence-electron chi connectivity index (χ4n) is 1.57. The minimum absolute atomic E-state index is 0.159. The van der Waals surface area contributed by atoms with Gasteiger partial charge in [0.25, 0.3) is 5.91 Å². The molecular formula is C12H15N3O3S2. The number of amidine groups is 1. The molecule has 0 fully saturated rings. The first-order valence-electron chi connectivity index (χ1n) is 5.92. The predicted molar refractivity (Wildman–Crippen MR) is 79.5 cm³/mol. The van der Waals surface area contributed by atoms with Crippen LogP contribution in [0, 0.1) is 0 Å². The molecule has 0 saturated carbocycles. The molecule has 0 aromatic heterocycles. The normalized spacial score (nSPS) is 15.2. The van der Waals surface area contributed by atoms with Crippen molar-refractivity contribution in [2.45, 2.75) is 4.90 Å². The minimum atomic E-state index is -3.47. The number of nitrogens with one attached hydrogen (secondary N) is 1. The molecule has 1 heterocycles. The van der Waals surface area contributed by atoms with Crippen molar-refractivity contribution in [3.05, 3.63) is 29.8 Å². The lowest BCUT2D eigenvalue weighted by Gasteiger charge is -2.11. The molecule has 2 rings (SSSR count). The number of thioether (sulfide) groups is 1. The lowest BCUT2D eigenvalue weighted by atomic mass is 10.2. The van der Waals surface area contributed by atoms with E-state index in [0.717, 1.165) is 10.1 Å². The molecule has 1 aliphatic rings. The van der Waals surface area contributed by atoms with E-state index in [-0.39, 0.29) is 10.8 Å². The monoisotopic (exact) mass is 313 g/mol. The second-order valence-electron chi connectivity index (χ2n) is 4.30. The van der Waals surface area contributed by atoms with Crippen LogP contribution in [0.2, 0.25) is 0 Å². The zero-order chi connectivity index (χ0) is 14.8. The van der Waals surface area contributed by atoms with Crippen LogP contribution in [0.3, 0.4) is 0 Å². The molecule has 1 aliphatic heterocycles. The second-order valence-corrected chi connectivity index (χ2v) is 7.54. The number of carbonyl (C=O) groups is 1. The van der Waals surface area contributed by atoms with Crippen molar-refractivity contribution in [2.24, 2.45) is 4.99 Å². The number of rotatable bonds is 3. The lowest BCUT2D eigenvalue weighted by Crippen LogP contribution is -2.27. The van der Waals surface area contributed by atoms with Crippen LogP contribution in [0.15, 0.2) is 34.2 Å². The Hall–Kier alpha value is -1.38. The fraction of sp³-hybridized carbons (Fsp3) is 0.333. The molecule has 0 radical (unpaired) electrons. The molecule has 0 atom stereocenters. The summed E-state index contributed by atoms with van der Waals surface area (Å²) in [5, 5.41) is 3.30. The summed E-state index contributed by atoms with van der Waals surface area (Å²) >= 11 is 1.49. The van der Waals surface area contributed by atoms with E-state index in [4.69, 9.17) is 0 Å². The van der Waals surface area contributed by atoms with Gasteiger partial charge in [0.05, 0.1) is 11.4 Å². The molecule has 1 aromatic rings. The zero-order valence-corrected chi connectivity index (χ0v) is 12.8. The van der Waals surface area contributed by atoms with Crippen LogP contribution in [0.4, 0.5) is 0 Å². The summed E-state index contributed by atoms with van der Waals surface area (Å²) in [7, 11) is -0.541. The zero-order valence-electron chi connectivity index (χ0n) is 11.2. The molecule has 1 amide bonds. The van der Waals surface area contributed by atoms with Gasteiger partial charge < -0.3 is 5.32 Å². The Bertz CT molecular complexity index is 636. The molecule has 8 heteroatoms. The van der Waals surface area contributed by atoms with Crippen LogP contribution < -0.4 is 5.32 Å². The summed E-state index contributed by atoms with van der Waals surface area (Å²) in [6.07, 6.45) is 0. The third-order valence-corrected chi connectivity index (χ3v) is 5.42. The highest BCUT2D eigenvalue weighted by atomic mass is 32.2.